The van der Waals surface area contributed by atoms with Gasteiger partial charge in [-0.1, -0.05) is 19.6 Å². The molecule has 1 aliphatic rings. The van der Waals surface area contributed by atoms with Gasteiger partial charge < -0.3 is 4.74 Å². The molecule has 4 nitrogen and oxygen atoms in total. The molecular weight excluding hydrogens is 240 g/mol. The maximum Gasteiger partial charge on any atom is 0.267 e. The second-order valence-corrected chi connectivity index (χ2v) is 5.16. The summed E-state index contributed by atoms with van der Waals surface area (Å²) in [6.07, 6.45) is 0.965. The fourth-order valence-corrected chi connectivity index (χ4v) is 2.04. The van der Waals surface area contributed by atoms with Crippen molar-refractivity contribution in [1.29, 1.82) is 0 Å². The maximum atomic E-state index is 11.7. The van der Waals surface area contributed by atoms with Crippen LogP contribution >= 0.6 is 0 Å². The number of hydrazine groups is 1. The SMILES string of the molecule is C=C1C(=O)NN(c2cccc(OCCC)c2)C1(C)C. The summed E-state index contributed by atoms with van der Waals surface area (Å²) >= 11 is 0. The van der Waals surface area contributed by atoms with Gasteiger partial charge in [0.1, 0.15) is 5.75 Å². The molecule has 19 heavy (non-hydrogen) atoms. The van der Waals surface area contributed by atoms with Crippen LogP contribution in [0, 0.1) is 0 Å². The summed E-state index contributed by atoms with van der Waals surface area (Å²) < 4.78 is 5.62. The average molecular weight is 260 g/mol. The number of carbonyl (C=O) groups excluding carboxylic acids is 1. The van der Waals surface area contributed by atoms with Gasteiger partial charge in [-0.15, -0.1) is 0 Å². The maximum absolute atomic E-state index is 11.7. The van der Waals surface area contributed by atoms with Crippen molar-refractivity contribution >= 4 is 11.6 Å². The van der Waals surface area contributed by atoms with E-state index in [4.69, 9.17) is 4.74 Å². The molecule has 2 rings (SSSR count). The lowest BCUT2D eigenvalue weighted by Gasteiger charge is -2.32. The standard InChI is InChI=1S/C15H20N2O2/c1-5-9-19-13-8-6-7-12(10-13)17-15(3,4)11(2)14(18)16-17/h6-8,10H,2,5,9H2,1,3-4H3,(H,16,18). The molecule has 0 bridgehead atoms. The van der Waals surface area contributed by atoms with Crippen molar-refractivity contribution in [1.82, 2.24) is 5.43 Å². The van der Waals surface area contributed by atoms with Crippen LogP contribution in [-0.4, -0.2) is 18.1 Å². The molecule has 102 valence electrons. The van der Waals surface area contributed by atoms with Crippen molar-refractivity contribution in [3.05, 3.63) is 36.4 Å². The Morgan fingerprint density at radius 1 is 1.42 bits per heavy atom. The second kappa shape index (κ2) is 4.96. The quantitative estimate of drug-likeness (QED) is 0.846. The van der Waals surface area contributed by atoms with Gasteiger partial charge in [-0.05, 0) is 32.4 Å². The molecule has 1 fully saturated rings. The van der Waals surface area contributed by atoms with Gasteiger partial charge in [0.05, 0.1) is 17.8 Å². The van der Waals surface area contributed by atoms with E-state index < -0.39 is 5.54 Å². The Hall–Kier alpha value is -1.97. The molecule has 1 aromatic rings. The summed E-state index contributed by atoms with van der Waals surface area (Å²) in [5, 5.41) is 1.83. The van der Waals surface area contributed by atoms with Crippen LogP contribution in [0.5, 0.6) is 5.75 Å². The number of nitrogens with zero attached hydrogens (tertiary/aromatic N) is 1. The fourth-order valence-electron chi connectivity index (χ4n) is 2.04. The first-order valence-electron chi connectivity index (χ1n) is 6.50. The summed E-state index contributed by atoms with van der Waals surface area (Å²) in [4.78, 5) is 11.7. The third-order valence-electron chi connectivity index (χ3n) is 3.33. The lowest BCUT2D eigenvalue weighted by Crippen LogP contribution is -2.44. The highest BCUT2D eigenvalue weighted by molar-refractivity contribution is 6.00. The summed E-state index contributed by atoms with van der Waals surface area (Å²) in [5.41, 5.74) is 3.85. The fraction of sp³-hybridized carbons (Fsp3) is 0.400. The van der Waals surface area contributed by atoms with Crippen molar-refractivity contribution in [3.8, 4) is 5.75 Å². The molecule has 0 saturated carbocycles. The van der Waals surface area contributed by atoms with E-state index in [1.807, 2.05) is 43.1 Å². The Morgan fingerprint density at radius 3 is 2.74 bits per heavy atom. The predicted octanol–water partition coefficient (Wildman–Crippen LogP) is 2.66. The molecule has 1 heterocycles. The van der Waals surface area contributed by atoms with Gasteiger partial charge in [0, 0.05) is 11.6 Å². The molecule has 0 radical (unpaired) electrons. The van der Waals surface area contributed by atoms with Gasteiger partial charge in [0.2, 0.25) is 0 Å². The van der Waals surface area contributed by atoms with Crippen LogP contribution in [-0.2, 0) is 4.79 Å². The van der Waals surface area contributed by atoms with Crippen LogP contribution < -0.4 is 15.2 Å². The first-order chi connectivity index (χ1) is 8.96. The number of hydrogen-bond acceptors (Lipinski definition) is 3. The molecule has 0 aromatic heterocycles. The number of carbonyl (C=O) groups is 1. The number of benzene rings is 1. The summed E-state index contributed by atoms with van der Waals surface area (Å²) in [7, 11) is 0. The Kier molecular flexibility index (Phi) is 3.51. The summed E-state index contributed by atoms with van der Waals surface area (Å²) in [6, 6.07) is 7.71. The van der Waals surface area contributed by atoms with E-state index in [9.17, 15) is 4.79 Å². The highest BCUT2D eigenvalue weighted by atomic mass is 16.5. The predicted molar refractivity (Wildman–Crippen MR) is 76.1 cm³/mol. The lowest BCUT2D eigenvalue weighted by molar-refractivity contribution is -0.116. The monoisotopic (exact) mass is 260 g/mol. The van der Waals surface area contributed by atoms with Crippen LogP contribution in [0.15, 0.2) is 36.4 Å². The van der Waals surface area contributed by atoms with Crippen molar-refractivity contribution in [2.75, 3.05) is 11.6 Å². The number of anilines is 1. The molecule has 1 N–H and O–H groups in total. The Morgan fingerprint density at radius 2 is 2.16 bits per heavy atom. The van der Waals surface area contributed by atoms with E-state index in [2.05, 4.69) is 18.9 Å². The van der Waals surface area contributed by atoms with E-state index in [1.165, 1.54) is 0 Å². The van der Waals surface area contributed by atoms with E-state index >= 15 is 0 Å². The first kappa shape index (κ1) is 13.5. The molecule has 1 aliphatic heterocycles. The molecular formula is C15H20N2O2. The molecule has 1 amide bonds. The van der Waals surface area contributed by atoms with Crippen molar-refractivity contribution < 1.29 is 9.53 Å². The van der Waals surface area contributed by atoms with Crippen LogP contribution in [0.3, 0.4) is 0 Å². The number of ether oxygens (including phenoxy) is 1. The zero-order valence-electron chi connectivity index (χ0n) is 11.7. The molecule has 1 aromatic carbocycles. The van der Waals surface area contributed by atoms with Crippen LogP contribution in [0.1, 0.15) is 27.2 Å². The lowest BCUT2D eigenvalue weighted by atomic mass is 9.96. The van der Waals surface area contributed by atoms with Gasteiger partial charge in [0.25, 0.3) is 5.91 Å². The van der Waals surface area contributed by atoms with Crippen LogP contribution in [0.2, 0.25) is 0 Å². The van der Waals surface area contributed by atoms with Crippen LogP contribution in [0.25, 0.3) is 0 Å². The minimum Gasteiger partial charge on any atom is -0.494 e. The zero-order chi connectivity index (χ0) is 14.0. The Labute approximate surface area is 114 Å². The molecule has 0 atom stereocenters. The van der Waals surface area contributed by atoms with Gasteiger partial charge in [-0.2, -0.15) is 0 Å². The third kappa shape index (κ3) is 2.43. The third-order valence-corrected chi connectivity index (χ3v) is 3.33. The number of hydrogen-bond donors (Lipinski definition) is 1. The van der Waals surface area contributed by atoms with E-state index in [-0.39, 0.29) is 5.91 Å². The smallest absolute Gasteiger partial charge is 0.267 e. The van der Waals surface area contributed by atoms with Gasteiger partial charge in [-0.25, -0.2) is 0 Å². The molecule has 0 spiro atoms. The van der Waals surface area contributed by atoms with Crippen molar-refractivity contribution in [3.63, 3.8) is 0 Å². The molecule has 4 heteroatoms. The van der Waals surface area contributed by atoms with Gasteiger partial charge >= 0.3 is 0 Å². The van der Waals surface area contributed by atoms with E-state index in [1.54, 1.807) is 0 Å². The Bertz CT molecular complexity index is 509. The average Bonchev–Trinajstić information content (AvgIpc) is 2.60. The molecule has 0 aliphatic carbocycles. The minimum absolute atomic E-state index is 0.134. The van der Waals surface area contributed by atoms with E-state index in [0.717, 1.165) is 17.9 Å². The van der Waals surface area contributed by atoms with Crippen molar-refractivity contribution in [2.45, 2.75) is 32.7 Å². The largest absolute Gasteiger partial charge is 0.494 e. The summed E-state index contributed by atoms with van der Waals surface area (Å²) in [5.74, 6) is 0.673. The Balaban J connectivity index is 2.27. The summed E-state index contributed by atoms with van der Waals surface area (Å²) in [6.45, 7) is 10.5. The van der Waals surface area contributed by atoms with Gasteiger partial charge in [0.15, 0.2) is 0 Å². The first-order valence-corrected chi connectivity index (χ1v) is 6.50. The van der Waals surface area contributed by atoms with Gasteiger partial charge in [-0.3, -0.25) is 15.2 Å². The molecule has 1 saturated heterocycles. The highest BCUT2D eigenvalue weighted by Gasteiger charge is 2.41. The van der Waals surface area contributed by atoms with Crippen molar-refractivity contribution in [2.24, 2.45) is 0 Å². The topological polar surface area (TPSA) is 41.6 Å². The molecule has 0 unspecified atom stereocenters. The second-order valence-electron chi connectivity index (χ2n) is 5.16. The van der Waals surface area contributed by atoms with Crippen LogP contribution in [0.4, 0.5) is 5.69 Å². The number of nitrogens with one attached hydrogen (secondary N) is 1. The minimum atomic E-state index is -0.444. The number of rotatable bonds is 4. The zero-order valence-corrected chi connectivity index (χ0v) is 11.7. The normalized spacial score (nSPS) is 17.5. The van der Waals surface area contributed by atoms with E-state index in [0.29, 0.717) is 12.2 Å². The number of amides is 1. The highest BCUT2D eigenvalue weighted by Crippen LogP contribution is 2.33.